The largest absolute Gasteiger partial charge is 0.398 e. The van der Waals surface area contributed by atoms with Gasteiger partial charge in [-0.3, -0.25) is 4.40 Å². The van der Waals surface area contributed by atoms with E-state index in [9.17, 15) is 0 Å². The number of nitrogens with zero attached hydrogens (tertiary/aromatic N) is 3. The fourth-order valence-electron chi connectivity index (χ4n) is 2.15. The van der Waals surface area contributed by atoms with Crippen LogP contribution in [-0.4, -0.2) is 9.38 Å². The molecule has 4 heteroatoms. The van der Waals surface area contributed by atoms with Crippen LogP contribution in [0.4, 0.5) is 5.69 Å². The Hall–Kier alpha value is -2.80. The van der Waals surface area contributed by atoms with Gasteiger partial charge in [-0.25, -0.2) is 4.98 Å². The minimum atomic E-state index is 0.436. The predicted molar refractivity (Wildman–Crippen MR) is 73.6 cm³/mol. The van der Waals surface area contributed by atoms with E-state index in [-0.39, 0.29) is 0 Å². The van der Waals surface area contributed by atoms with E-state index >= 15 is 0 Å². The molecule has 3 aromatic rings. The van der Waals surface area contributed by atoms with Crippen molar-refractivity contribution < 1.29 is 0 Å². The van der Waals surface area contributed by atoms with Crippen LogP contribution in [0.3, 0.4) is 0 Å². The third-order valence-electron chi connectivity index (χ3n) is 3.04. The molecule has 92 valence electrons. The molecule has 2 heterocycles. The van der Waals surface area contributed by atoms with Gasteiger partial charge in [0.15, 0.2) is 5.69 Å². The van der Waals surface area contributed by atoms with Gasteiger partial charge in [0.2, 0.25) is 0 Å². The van der Waals surface area contributed by atoms with Crippen molar-refractivity contribution in [3.63, 3.8) is 0 Å². The van der Waals surface area contributed by atoms with Gasteiger partial charge >= 0.3 is 0 Å². The zero-order valence-corrected chi connectivity index (χ0v) is 10.2. The topological polar surface area (TPSA) is 67.1 Å². The van der Waals surface area contributed by atoms with Crippen LogP contribution in [0.2, 0.25) is 0 Å². The molecule has 0 unspecified atom stereocenters. The van der Waals surface area contributed by atoms with Crippen LogP contribution < -0.4 is 5.73 Å². The van der Waals surface area contributed by atoms with E-state index in [4.69, 9.17) is 11.0 Å². The fraction of sp³-hybridized carbons (Fsp3) is 0.0667. The van der Waals surface area contributed by atoms with Gasteiger partial charge in [0.05, 0.1) is 5.52 Å². The Morgan fingerprint density at radius 2 is 1.95 bits per heavy atom. The second-order valence-electron chi connectivity index (χ2n) is 4.37. The third-order valence-corrected chi connectivity index (χ3v) is 3.04. The number of nitrogens with two attached hydrogens (primary N) is 1. The van der Waals surface area contributed by atoms with Crippen molar-refractivity contribution >= 4 is 11.2 Å². The van der Waals surface area contributed by atoms with Crippen LogP contribution in [0.5, 0.6) is 0 Å². The number of fused-ring (bicyclic) bond motifs is 1. The molecular weight excluding hydrogens is 236 g/mol. The van der Waals surface area contributed by atoms with Crippen LogP contribution in [-0.2, 0) is 6.42 Å². The Labute approximate surface area is 110 Å². The van der Waals surface area contributed by atoms with Gasteiger partial charge < -0.3 is 5.73 Å². The van der Waals surface area contributed by atoms with Crippen LogP contribution in [0.25, 0.3) is 5.52 Å². The number of pyridine rings is 1. The molecule has 0 saturated carbocycles. The summed E-state index contributed by atoms with van der Waals surface area (Å²) in [5, 5.41) is 9.13. The summed E-state index contributed by atoms with van der Waals surface area (Å²) in [4.78, 5) is 4.39. The zero-order chi connectivity index (χ0) is 13.2. The van der Waals surface area contributed by atoms with Gasteiger partial charge in [0, 0.05) is 18.3 Å². The second-order valence-corrected chi connectivity index (χ2v) is 4.37. The van der Waals surface area contributed by atoms with Gasteiger partial charge in [0.1, 0.15) is 11.9 Å². The summed E-state index contributed by atoms with van der Waals surface area (Å²) in [6.07, 6.45) is 2.48. The lowest BCUT2D eigenvalue weighted by atomic mass is 10.1. The minimum Gasteiger partial charge on any atom is -0.398 e. The molecule has 0 fully saturated rings. The summed E-state index contributed by atoms with van der Waals surface area (Å²) in [6, 6.07) is 15.8. The Kier molecular flexibility index (Phi) is 2.66. The molecule has 0 spiro atoms. The lowest BCUT2D eigenvalue weighted by Crippen LogP contribution is -1.97. The lowest BCUT2D eigenvalue weighted by Gasteiger charge is -2.02. The van der Waals surface area contributed by atoms with Crippen molar-refractivity contribution in [1.82, 2.24) is 9.38 Å². The van der Waals surface area contributed by atoms with E-state index in [2.05, 4.69) is 11.1 Å². The van der Waals surface area contributed by atoms with Gasteiger partial charge in [-0.05, 0) is 17.7 Å². The van der Waals surface area contributed by atoms with Crippen molar-refractivity contribution in [3.05, 3.63) is 65.7 Å². The highest BCUT2D eigenvalue weighted by Gasteiger charge is 2.11. The molecular formula is C15H12N4. The van der Waals surface area contributed by atoms with E-state index in [1.165, 1.54) is 0 Å². The highest BCUT2D eigenvalue weighted by molar-refractivity contribution is 5.61. The first-order valence-electron chi connectivity index (χ1n) is 5.98. The van der Waals surface area contributed by atoms with Crippen molar-refractivity contribution in [3.8, 4) is 6.07 Å². The molecule has 2 aromatic heterocycles. The monoisotopic (exact) mass is 248 g/mol. The number of imidazole rings is 1. The van der Waals surface area contributed by atoms with Crippen molar-refractivity contribution in [2.75, 3.05) is 5.73 Å². The summed E-state index contributed by atoms with van der Waals surface area (Å²) < 4.78 is 1.89. The molecule has 0 aliphatic carbocycles. The number of anilines is 1. The molecule has 0 amide bonds. The highest BCUT2D eigenvalue weighted by atomic mass is 15.0. The first kappa shape index (κ1) is 11.3. The van der Waals surface area contributed by atoms with Gasteiger partial charge in [-0.2, -0.15) is 5.26 Å². The van der Waals surface area contributed by atoms with Crippen molar-refractivity contribution in [2.24, 2.45) is 0 Å². The summed E-state index contributed by atoms with van der Waals surface area (Å²) in [5.41, 5.74) is 8.85. The molecule has 0 saturated heterocycles. The number of rotatable bonds is 2. The van der Waals surface area contributed by atoms with E-state index in [0.717, 1.165) is 16.9 Å². The van der Waals surface area contributed by atoms with E-state index in [0.29, 0.717) is 17.8 Å². The molecule has 1 aromatic carbocycles. The van der Waals surface area contributed by atoms with Gasteiger partial charge in [0.25, 0.3) is 0 Å². The van der Waals surface area contributed by atoms with E-state index < -0.39 is 0 Å². The normalized spacial score (nSPS) is 10.5. The van der Waals surface area contributed by atoms with Crippen LogP contribution >= 0.6 is 0 Å². The number of nitrogen functional groups attached to an aromatic ring is 1. The molecule has 3 rings (SSSR count). The van der Waals surface area contributed by atoms with Crippen molar-refractivity contribution in [2.45, 2.75) is 6.42 Å². The van der Waals surface area contributed by atoms with Crippen molar-refractivity contribution in [1.29, 1.82) is 5.26 Å². The third kappa shape index (κ3) is 2.02. The summed E-state index contributed by atoms with van der Waals surface area (Å²) in [7, 11) is 0. The molecule has 4 nitrogen and oxygen atoms in total. The van der Waals surface area contributed by atoms with Gasteiger partial charge in [-0.1, -0.05) is 30.3 Å². The molecule has 0 radical (unpaired) electrons. The van der Waals surface area contributed by atoms with Crippen LogP contribution in [0.1, 0.15) is 17.1 Å². The molecule has 19 heavy (non-hydrogen) atoms. The lowest BCUT2D eigenvalue weighted by molar-refractivity contribution is 0.961. The first-order chi connectivity index (χ1) is 9.28. The number of hydrogen-bond donors (Lipinski definition) is 1. The average molecular weight is 248 g/mol. The van der Waals surface area contributed by atoms with E-state index in [1.54, 1.807) is 12.3 Å². The number of nitriles is 1. The zero-order valence-electron chi connectivity index (χ0n) is 10.2. The number of benzene rings is 1. The molecule has 2 N–H and O–H groups in total. The molecule has 0 bridgehead atoms. The second kappa shape index (κ2) is 4.46. The molecule has 0 aliphatic heterocycles. The van der Waals surface area contributed by atoms with Crippen LogP contribution in [0, 0.1) is 11.3 Å². The standard InChI is InChI=1S/C15H12N4/c16-9-13-14-7-6-12(17)10-19(14)15(18-13)8-11-4-2-1-3-5-11/h1-7,10H,8,17H2. The maximum absolute atomic E-state index is 9.13. The minimum absolute atomic E-state index is 0.436. The Bertz CT molecular complexity index is 766. The smallest absolute Gasteiger partial charge is 0.166 e. The Morgan fingerprint density at radius 3 is 2.68 bits per heavy atom. The average Bonchev–Trinajstić information content (AvgIpc) is 2.77. The summed E-state index contributed by atoms with van der Waals surface area (Å²) >= 11 is 0. The Balaban J connectivity index is 2.13. The maximum Gasteiger partial charge on any atom is 0.166 e. The summed E-state index contributed by atoms with van der Waals surface area (Å²) in [6.45, 7) is 0. The quantitative estimate of drug-likeness (QED) is 0.757. The Morgan fingerprint density at radius 1 is 1.16 bits per heavy atom. The first-order valence-corrected chi connectivity index (χ1v) is 5.98. The highest BCUT2D eigenvalue weighted by Crippen LogP contribution is 2.17. The van der Waals surface area contributed by atoms with E-state index in [1.807, 2.05) is 40.8 Å². The van der Waals surface area contributed by atoms with Crippen LogP contribution in [0.15, 0.2) is 48.7 Å². The fourth-order valence-corrected chi connectivity index (χ4v) is 2.15. The number of hydrogen-bond acceptors (Lipinski definition) is 3. The van der Waals surface area contributed by atoms with Gasteiger partial charge in [-0.15, -0.1) is 0 Å². The maximum atomic E-state index is 9.13. The number of aromatic nitrogens is 2. The molecule has 0 atom stereocenters. The molecule has 0 aliphatic rings. The predicted octanol–water partition coefficient (Wildman–Crippen LogP) is 2.38. The summed E-state index contributed by atoms with van der Waals surface area (Å²) in [5.74, 6) is 0.824. The SMILES string of the molecule is N#Cc1nc(Cc2ccccc2)n2cc(N)ccc12.